The van der Waals surface area contributed by atoms with Crippen LogP contribution in [-0.4, -0.2) is 40.8 Å². The summed E-state index contributed by atoms with van der Waals surface area (Å²) in [6, 6.07) is 15.8. The van der Waals surface area contributed by atoms with E-state index in [1.54, 1.807) is 4.90 Å². The predicted molar refractivity (Wildman–Crippen MR) is 120 cm³/mol. The molecule has 2 atom stereocenters. The van der Waals surface area contributed by atoms with Crippen molar-refractivity contribution < 1.29 is 9.59 Å². The molecule has 31 heavy (non-hydrogen) atoms. The smallest absolute Gasteiger partial charge is 0.253 e. The van der Waals surface area contributed by atoms with Gasteiger partial charge in [0, 0.05) is 53.8 Å². The lowest BCUT2D eigenvalue weighted by molar-refractivity contribution is -0.121. The average molecular weight is 415 g/mol. The molecule has 2 unspecified atom stereocenters. The fourth-order valence-corrected chi connectivity index (χ4v) is 4.43. The summed E-state index contributed by atoms with van der Waals surface area (Å²) in [5.41, 5.74) is 3.93. The highest BCUT2D eigenvalue weighted by Gasteiger charge is 2.30. The van der Waals surface area contributed by atoms with Crippen LogP contribution in [0.25, 0.3) is 22.0 Å². The first-order chi connectivity index (χ1) is 15.0. The number of nitrogens with zero attached hydrogens (tertiary/aromatic N) is 2. The Morgan fingerprint density at radius 3 is 2.65 bits per heavy atom. The first-order valence-corrected chi connectivity index (χ1v) is 10.7. The Morgan fingerprint density at radius 2 is 1.94 bits per heavy atom. The normalized spacial score (nSPS) is 18.0. The van der Waals surface area contributed by atoms with Gasteiger partial charge in [0.15, 0.2) is 0 Å². The summed E-state index contributed by atoms with van der Waals surface area (Å²) in [6.45, 7) is 1.84. The number of carbonyl (C=O) groups excluding carboxylic acids is 2. The SMILES string of the molecule is CCC(=O)NC1CCC(N(C)C(=O)c2ccc(-c3ccc4[nH]ccc4c3C#N)cc2)C1. The number of amides is 2. The summed E-state index contributed by atoms with van der Waals surface area (Å²) in [6.07, 6.45) is 4.87. The van der Waals surface area contributed by atoms with Crippen molar-refractivity contribution in [2.24, 2.45) is 0 Å². The van der Waals surface area contributed by atoms with Gasteiger partial charge in [0.05, 0.1) is 5.56 Å². The van der Waals surface area contributed by atoms with Gasteiger partial charge in [-0.1, -0.05) is 25.1 Å². The number of nitrogens with one attached hydrogen (secondary N) is 2. The van der Waals surface area contributed by atoms with Crippen LogP contribution in [0.3, 0.4) is 0 Å². The second kappa shape index (κ2) is 8.65. The molecule has 6 nitrogen and oxygen atoms in total. The Kier molecular flexibility index (Phi) is 5.77. The van der Waals surface area contributed by atoms with E-state index in [4.69, 9.17) is 0 Å². The molecule has 2 amide bonds. The number of hydrogen-bond acceptors (Lipinski definition) is 3. The number of carbonyl (C=O) groups is 2. The number of fused-ring (bicyclic) bond motifs is 1. The van der Waals surface area contributed by atoms with Gasteiger partial charge in [-0.05, 0) is 49.1 Å². The minimum absolute atomic E-state index is 0.0272. The average Bonchev–Trinajstić information content (AvgIpc) is 3.47. The van der Waals surface area contributed by atoms with Gasteiger partial charge in [-0.15, -0.1) is 0 Å². The molecule has 0 spiro atoms. The van der Waals surface area contributed by atoms with Crippen molar-refractivity contribution in [1.82, 2.24) is 15.2 Å². The van der Waals surface area contributed by atoms with E-state index in [2.05, 4.69) is 16.4 Å². The van der Waals surface area contributed by atoms with Crippen molar-refractivity contribution >= 4 is 22.7 Å². The lowest BCUT2D eigenvalue weighted by Crippen LogP contribution is -2.38. The second-order valence-electron chi connectivity index (χ2n) is 8.12. The van der Waals surface area contributed by atoms with Crippen molar-refractivity contribution in [3.05, 3.63) is 59.8 Å². The zero-order valence-electron chi connectivity index (χ0n) is 17.8. The van der Waals surface area contributed by atoms with Crippen LogP contribution in [0, 0.1) is 11.3 Å². The van der Waals surface area contributed by atoms with Crippen LogP contribution < -0.4 is 5.32 Å². The standard InChI is InChI=1S/C25H26N4O2/c1-3-24(30)28-18-8-9-19(14-18)29(2)25(31)17-6-4-16(5-7-17)20-10-11-23-21(12-13-27-23)22(20)15-26/h4-7,10-13,18-19,27H,3,8-9,14H2,1-2H3,(H,28,30). The van der Waals surface area contributed by atoms with E-state index in [-0.39, 0.29) is 23.9 Å². The van der Waals surface area contributed by atoms with Crippen molar-refractivity contribution in [2.45, 2.75) is 44.7 Å². The van der Waals surface area contributed by atoms with E-state index in [9.17, 15) is 14.9 Å². The van der Waals surface area contributed by atoms with Gasteiger partial charge in [-0.25, -0.2) is 0 Å². The zero-order chi connectivity index (χ0) is 22.0. The molecule has 1 aliphatic rings. The van der Waals surface area contributed by atoms with E-state index in [0.29, 0.717) is 17.5 Å². The molecule has 0 saturated heterocycles. The summed E-state index contributed by atoms with van der Waals surface area (Å²) in [7, 11) is 1.83. The zero-order valence-corrected chi connectivity index (χ0v) is 17.8. The summed E-state index contributed by atoms with van der Waals surface area (Å²) in [4.78, 5) is 29.6. The van der Waals surface area contributed by atoms with Crippen molar-refractivity contribution in [2.75, 3.05) is 7.05 Å². The third-order valence-corrected chi connectivity index (χ3v) is 6.25. The summed E-state index contributed by atoms with van der Waals surface area (Å²) < 4.78 is 0. The minimum atomic E-state index is -0.0272. The molecule has 0 aliphatic heterocycles. The number of nitriles is 1. The van der Waals surface area contributed by atoms with Gasteiger partial charge < -0.3 is 15.2 Å². The van der Waals surface area contributed by atoms with Crippen LogP contribution in [0.4, 0.5) is 0 Å². The van der Waals surface area contributed by atoms with E-state index >= 15 is 0 Å². The first kappa shape index (κ1) is 20.7. The Balaban J connectivity index is 1.49. The monoisotopic (exact) mass is 414 g/mol. The second-order valence-corrected chi connectivity index (χ2v) is 8.12. The predicted octanol–water partition coefficient (Wildman–Crippen LogP) is 4.23. The van der Waals surface area contributed by atoms with Crippen LogP contribution in [0.1, 0.15) is 48.5 Å². The quantitative estimate of drug-likeness (QED) is 0.655. The van der Waals surface area contributed by atoms with E-state index in [1.165, 1.54) is 0 Å². The molecule has 158 valence electrons. The highest BCUT2D eigenvalue weighted by molar-refractivity contribution is 5.96. The molecule has 1 aliphatic carbocycles. The maximum absolute atomic E-state index is 13.0. The topological polar surface area (TPSA) is 89.0 Å². The molecule has 6 heteroatoms. The highest BCUT2D eigenvalue weighted by atomic mass is 16.2. The first-order valence-electron chi connectivity index (χ1n) is 10.7. The fourth-order valence-electron chi connectivity index (χ4n) is 4.43. The number of aromatic nitrogens is 1. The maximum atomic E-state index is 13.0. The van der Waals surface area contributed by atoms with Gasteiger partial charge in [-0.3, -0.25) is 9.59 Å². The number of hydrogen-bond donors (Lipinski definition) is 2. The van der Waals surface area contributed by atoms with Crippen LogP contribution in [0.2, 0.25) is 0 Å². The van der Waals surface area contributed by atoms with E-state index in [1.807, 2.05) is 62.6 Å². The lowest BCUT2D eigenvalue weighted by Gasteiger charge is -2.25. The molecule has 2 N–H and O–H groups in total. The molecule has 2 aromatic carbocycles. The molecule has 4 rings (SSSR count). The van der Waals surface area contributed by atoms with Crippen molar-refractivity contribution in [1.29, 1.82) is 5.26 Å². The van der Waals surface area contributed by atoms with Crippen molar-refractivity contribution in [3.63, 3.8) is 0 Å². The van der Waals surface area contributed by atoms with Gasteiger partial charge in [0.25, 0.3) is 5.91 Å². The molecular formula is C25H26N4O2. The number of aromatic amines is 1. The lowest BCUT2D eigenvalue weighted by atomic mass is 9.96. The minimum Gasteiger partial charge on any atom is -0.361 e. The molecular weight excluding hydrogens is 388 g/mol. The Bertz CT molecular complexity index is 1160. The van der Waals surface area contributed by atoms with Gasteiger partial charge in [0.1, 0.15) is 6.07 Å². The van der Waals surface area contributed by atoms with Crippen LogP contribution >= 0.6 is 0 Å². The maximum Gasteiger partial charge on any atom is 0.253 e. The Hall–Kier alpha value is -3.59. The Morgan fingerprint density at radius 1 is 1.16 bits per heavy atom. The van der Waals surface area contributed by atoms with Crippen LogP contribution in [0.15, 0.2) is 48.7 Å². The number of H-pyrrole nitrogens is 1. The van der Waals surface area contributed by atoms with Gasteiger partial charge in [0.2, 0.25) is 5.91 Å². The number of benzene rings is 2. The van der Waals surface area contributed by atoms with Crippen LogP contribution in [-0.2, 0) is 4.79 Å². The van der Waals surface area contributed by atoms with Crippen molar-refractivity contribution in [3.8, 4) is 17.2 Å². The number of rotatable bonds is 5. The fraction of sp³-hybridized carbons (Fsp3) is 0.320. The van der Waals surface area contributed by atoms with E-state index < -0.39 is 0 Å². The molecule has 1 aromatic heterocycles. The summed E-state index contributed by atoms with van der Waals surface area (Å²) in [5, 5.41) is 13.6. The molecule has 1 saturated carbocycles. The molecule has 3 aromatic rings. The molecule has 0 radical (unpaired) electrons. The summed E-state index contributed by atoms with van der Waals surface area (Å²) in [5.74, 6) is 0.0328. The molecule has 1 fully saturated rings. The van der Waals surface area contributed by atoms with Gasteiger partial charge in [-0.2, -0.15) is 5.26 Å². The molecule has 0 bridgehead atoms. The van der Waals surface area contributed by atoms with Gasteiger partial charge >= 0.3 is 0 Å². The largest absolute Gasteiger partial charge is 0.361 e. The molecule has 1 heterocycles. The highest BCUT2D eigenvalue weighted by Crippen LogP contribution is 2.30. The third kappa shape index (κ3) is 4.04. The summed E-state index contributed by atoms with van der Waals surface area (Å²) >= 11 is 0. The Labute approximate surface area is 181 Å². The third-order valence-electron chi connectivity index (χ3n) is 6.25. The van der Waals surface area contributed by atoms with E-state index in [0.717, 1.165) is 41.3 Å². The van der Waals surface area contributed by atoms with Crippen LogP contribution in [0.5, 0.6) is 0 Å².